The molecule has 2 fully saturated rings. The van der Waals surface area contributed by atoms with Crippen molar-refractivity contribution < 1.29 is 4.79 Å². The summed E-state index contributed by atoms with van der Waals surface area (Å²) in [4.78, 5) is 12.3. The Labute approximate surface area is 119 Å². The van der Waals surface area contributed by atoms with Crippen LogP contribution in [0.2, 0.25) is 0 Å². The Hall–Kier alpha value is -1.43. The van der Waals surface area contributed by atoms with E-state index in [0.29, 0.717) is 17.4 Å². The number of nitrogens with one attached hydrogen (secondary N) is 3. The molecule has 5 unspecified atom stereocenters. The molecule has 1 aliphatic heterocycles. The fourth-order valence-electron chi connectivity index (χ4n) is 3.52. The minimum absolute atomic E-state index is 0.00331. The quantitative estimate of drug-likeness (QED) is 0.623. The summed E-state index contributed by atoms with van der Waals surface area (Å²) < 4.78 is 0. The summed E-state index contributed by atoms with van der Waals surface area (Å²) in [5.41, 5.74) is 13.3. The number of carbonyl (C=O) groups is 1. The zero-order valence-electron chi connectivity index (χ0n) is 11.7. The highest BCUT2D eigenvalue weighted by molar-refractivity contribution is 5.94. The topological polar surface area (TPSA) is 79.2 Å². The van der Waals surface area contributed by atoms with Crippen molar-refractivity contribution >= 4 is 5.91 Å². The number of hydrazine groups is 1. The third kappa shape index (κ3) is 2.44. The molecule has 3 rings (SSSR count). The molecule has 1 aliphatic carbocycles. The average Bonchev–Trinajstić information content (AvgIpc) is 2.94. The highest BCUT2D eigenvalue weighted by Gasteiger charge is 2.44. The van der Waals surface area contributed by atoms with Gasteiger partial charge < -0.3 is 11.1 Å². The normalized spacial score (nSPS) is 36.4. The van der Waals surface area contributed by atoms with E-state index in [-0.39, 0.29) is 24.0 Å². The van der Waals surface area contributed by atoms with Gasteiger partial charge in [0.15, 0.2) is 0 Å². The molecule has 5 N–H and O–H groups in total. The van der Waals surface area contributed by atoms with Gasteiger partial charge in [-0.25, -0.2) is 0 Å². The van der Waals surface area contributed by atoms with Crippen LogP contribution in [-0.2, 0) is 0 Å². The Morgan fingerprint density at radius 3 is 2.85 bits per heavy atom. The molecule has 108 valence electrons. The van der Waals surface area contributed by atoms with Crippen LogP contribution in [0, 0.1) is 11.8 Å². The minimum atomic E-state index is 0.00331. The van der Waals surface area contributed by atoms with Crippen molar-refractivity contribution in [1.29, 1.82) is 0 Å². The Morgan fingerprint density at radius 2 is 2.10 bits per heavy atom. The van der Waals surface area contributed by atoms with Crippen LogP contribution in [0.4, 0.5) is 0 Å². The molecule has 1 aromatic carbocycles. The summed E-state index contributed by atoms with van der Waals surface area (Å²) in [6.07, 6.45) is 0.926. The lowest BCUT2D eigenvalue weighted by atomic mass is 9.73. The van der Waals surface area contributed by atoms with Gasteiger partial charge in [-0.05, 0) is 24.5 Å². The summed E-state index contributed by atoms with van der Waals surface area (Å²) in [6.45, 7) is 3.02. The van der Waals surface area contributed by atoms with Gasteiger partial charge in [-0.2, -0.15) is 0 Å². The highest BCUT2D eigenvalue weighted by atomic mass is 16.1. The number of fused-ring (bicyclic) bond motifs is 1. The first-order chi connectivity index (χ1) is 9.66. The van der Waals surface area contributed by atoms with Crippen LogP contribution in [-0.4, -0.2) is 30.6 Å². The first kappa shape index (κ1) is 13.5. The van der Waals surface area contributed by atoms with Crippen LogP contribution in [0.3, 0.4) is 0 Å². The first-order valence-electron chi connectivity index (χ1n) is 7.26. The molecule has 0 bridgehead atoms. The Kier molecular flexibility index (Phi) is 3.74. The summed E-state index contributed by atoms with van der Waals surface area (Å²) >= 11 is 0. The van der Waals surface area contributed by atoms with Crippen LogP contribution >= 0.6 is 0 Å². The molecule has 1 saturated carbocycles. The van der Waals surface area contributed by atoms with Gasteiger partial charge >= 0.3 is 0 Å². The number of hydrogen-bond acceptors (Lipinski definition) is 4. The van der Waals surface area contributed by atoms with E-state index < -0.39 is 0 Å². The van der Waals surface area contributed by atoms with Crippen molar-refractivity contribution in [2.24, 2.45) is 17.6 Å². The minimum Gasteiger partial charge on any atom is -0.349 e. The van der Waals surface area contributed by atoms with Gasteiger partial charge in [0.25, 0.3) is 5.91 Å². The maximum absolute atomic E-state index is 12.3. The third-order valence-electron chi connectivity index (χ3n) is 4.58. The number of carbonyl (C=O) groups excluding carboxylic acids is 1. The SMILES string of the molecule is CC1CC(N)C2NNCC2C1NC(=O)c1ccccc1. The van der Waals surface area contributed by atoms with E-state index in [1.165, 1.54) is 0 Å². The maximum atomic E-state index is 12.3. The second-order valence-electron chi connectivity index (χ2n) is 5.96. The Bertz CT molecular complexity index is 478. The summed E-state index contributed by atoms with van der Waals surface area (Å²) in [5.74, 6) is 0.741. The van der Waals surface area contributed by atoms with Gasteiger partial charge in [0, 0.05) is 36.2 Å². The fourth-order valence-corrected chi connectivity index (χ4v) is 3.52. The Morgan fingerprint density at radius 1 is 1.35 bits per heavy atom. The molecular weight excluding hydrogens is 252 g/mol. The van der Waals surface area contributed by atoms with E-state index in [1.54, 1.807) is 0 Å². The van der Waals surface area contributed by atoms with Crippen molar-refractivity contribution in [3.63, 3.8) is 0 Å². The predicted molar refractivity (Wildman–Crippen MR) is 77.9 cm³/mol. The molecule has 0 radical (unpaired) electrons. The van der Waals surface area contributed by atoms with E-state index in [9.17, 15) is 4.79 Å². The maximum Gasteiger partial charge on any atom is 0.251 e. The molecule has 5 nitrogen and oxygen atoms in total. The van der Waals surface area contributed by atoms with Crippen molar-refractivity contribution in [3.8, 4) is 0 Å². The van der Waals surface area contributed by atoms with Crippen LogP contribution in [0.15, 0.2) is 30.3 Å². The highest BCUT2D eigenvalue weighted by Crippen LogP contribution is 2.30. The van der Waals surface area contributed by atoms with Crippen molar-refractivity contribution in [2.45, 2.75) is 31.5 Å². The van der Waals surface area contributed by atoms with E-state index in [0.717, 1.165) is 13.0 Å². The monoisotopic (exact) mass is 274 g/mol. The second kappa shape index (κ2) is 5.52. The Balaban J connectivity index is 1.74. The van der Waals surface area contributed by atoms with E-state index in [4.69, 9.17) is 5.73 Å². The van der Waals surface area contributed by atoms with Gasteiger partial charge in [0.1, 0.15) is 0 Å². The number of amides is 1. The molecule has 5 atom stereocenters. The summed E-state index contributed by atoms with van der Waals surface area (Å²) in [7, 11) is 0. The molecule has 2 aliphatic rings. The smallest absolute Gasteiger partial charge is 0.251 e. The van der Waals surface area contributed by atoms with Crippen LogP contribution < -0.4 is 21.9 Å². The van der Waals surface area contributed by atoms with E-state index >= 15 is 0 Å². The molecule has 1 amide bonds. The van der Waals surface area contributed by atoms with Crippen molar-refractivity contribution in [3.05, 3.63) is 35.9 Å². The lowest BCUT2D eigenvalue weighted by Crippen LogP contribution is -2.60. The summed E-state index contributed by atoms with van der Waals surface area (Å²) in [6, 6.07) is 9.93. The number of nitrogens with two attached hydrogens (primary N) is 1. The average molecular weight is 274 g/mol. The summed E-state index contributed by atoms with van der Waals surface area (Å²) in [5, 5.41) is 3.20. The number of benzene rings is 1. The lowest BCUT2D eigenvalue weighted by molar-refractivity contribution is 0.0858. The van der Waals surface area contributed by atoms with E-state index in [1.807, 2.05) is 30.3 Å². The second-order valence-corrected chi connectivity index (χ2v) is 5.96. The molecule has 1 heterocycles. The van der Waals surface area contributed by atoms with Gasteiger partial charge in [0.2, 0.25) is 0 Å². The van der Waals surface area contributed by atoms with Gasteiger partial charge in [-0.15, -0.1) is 0 Å². The molecular formula is C15H22N4O. The zero-order chi connectivity index (χ0) is 14.1. The molecule has 0 aromatic heterocycles. The number of hydrogen-bond donors (Lipinski definition) is 4. The van der Waals surface area contributed by atoms with Crippen LogP contribution in [0.1, 0.15) is 23.7 Å². The van der Waals surface area contributed by atoms with Gasteiger partial charge in [-0.3, -0.25) is 15.6 Å². The molecule has 1 aromatic rings. The third-order valence-corrected chi connectivity index (χ3v) is 4.58. The molecule has 1 saturated heterocycles. The number of rotatable bonds is 2. The first-order valence-corrected chi connectivity index (χ1v) is 7.26. The standard InChI is InChI=1S/C15H22N4O/c1-9-7-12(16)14-11(8-17-19-14)13(9)18-15(20)10-5-3-2-4-6-10/h2-6,9,11-14,17,19H,7-8,16H2,1H3,(H,18,20). The molecule has 20 heavy (non-hydrogen) atoms. The largest absolute Gasteiger partial charge is 0.349 e. The fraction of sp³-hybridized carbons (Fsp3) is 0.533. The molecule has 5 heteroatoms. The van der Waals surface area contributed by atoms with Crippen LogP contribution in [0.25, 0.3) is 0 Å². The van der Waals surface area contributed by atoms with Crippen LogP contribution in [0.5, 0.6) is 0 Å². The van der Waals surface area contributed by atoms with Crippen molar-refractivity contribution in [1.82, 2.24) is 16.2 Å². The van der Waals surface area contributed by atoms with Crippen molar-refractivity contribution in [2.75, 3.05) is 6.54 Å². The lowest BCUT2D eigenvalue weighted by Gasteiger charge is -2.41. The molecule has 0 spiro atoms. The van der Waals surface area contributed by atoms with E-state index in [2.05, 4.69) is 23.1 Å². The predicted octanol–water partition coefficient (Wildman–Crippen LogP) is 0.245. The zero-order valence-corrected chi connectivity index (χ0v) is 11.7. The van der Waals surface area contributed by atoms with Gasteiger partial charge in [-0.1, -0.05) is 25.1 Å². The van der Waals surface area contributed by atoms with Gasteiger partial charge in [0.05, 0.1) is 0 Å².